The molecule has 0 aliphatic heterocycles. The van der Waals surface area contributed by atoms with Crippen molar-refractivity contribution in [3.05, 3.63) is 39.4 Å². The summed E-state index contributed by atoms with van der Waals surface area (Å²) in [6.45, 7) is 2.00. The first kappa shape index (κ1) is 18.0. The Hall–Kier alpha value is -1.80. The maximum atomic E-state index is 12.2. The van der Waals surface area contributed by atoms with Crippen molar-refractivity contribution in [1.29, 1.82) is 0 Å². The van der Waals surface area contributed by atoms with Crippen molar-refractivity contribution in [3.8, 4) is 5.75 Å². The maximum absolute atomic E-state index is 12.2. The topological polar surface area (TPSA) is 81.4 Å². The average Bonchev–Trinajstić information content (AvgIpc) is 3.01. The molecule has 25 heavy (non-hydrogen) atoms. The molecule has 0 unspecified atom stereocenters. The van der Waals surface area contributed by atoms with E-state index in [2.05, 4.69) is 15.7 Å². The maximum Gasteiger partial charge on any atom is 0.287 e. The fraction of sp³-hybridized carbons (Fsp3) is 0.471. The van der Waals surface area contributed by atoms with Crippen molar-refractivity contribution in [2.24, 2.45) is 0 Å². The van der Waals surface area contributed by atoms with Crippen LogP contribution in [0.1, 0.15) is 41.9 Å². The molecule has 0 radical (unpaired) electrons. The number of ether oxygens (including phenoxy) is 1. The zero-order chi connectivity index (χ0) is 17.8. The molecule has 2 aromatic rings. The van der Waals surface area contributed by atoms with Crippen molar-refractivity contribution in [2.75, 3.05) is 7.11 Å². The van der Waals surface area contributed by atoms with Crippen LogP contribution in [0.3, 0.4) is 0 Å². The Kier molecular flexibility index (Phi) is 5.80. The molecule has 8 heteroatoms. The predicted octanol–water partition coefficient (Wildman–Crippen LogP) is 3.25. The van der Waals surface area contributed by atoms with Gasteiger partial charge >= 0.3 is 0 Å². The number of amides is 1. The number of carbonyl (C=O) groups is 1. The molecule has 134 valence electrons. The number of hydrogen-bond acceptors (Lipinski definition) is 7. The SMILES string of the molecule is COc1coc(C(=O)NC2CCC(Sc3nc(C)cs3)CC2)cc1=O. The quantitative estimate of drug-likeness (QED) is 0.857. The van der Waals surface area contributed by atoms with Gasteiger partial charge in [-0.3, -0.25) is 9.59 Å². The number of thiazole rings is 1. The zero-order valence-electron chi connectivity index (χ0n) is 14.1. The van der Waals surface area contributed by atoms with Crippen LogP contribution in [0.25, 0.3) is 0 Å². The smallest absolute Gasteiger partial charge is 0.287 e. The largest absolute Gasteiger partial charge is 0.490 e. The molecule has 0 saturated heterocycles. The molecule has 6 nitrogen and oxygen atoms in total. The predicted molar refractivity (Wildman–Crippen MR) is 97.7 cm³/mol. The first-order valence-corrected chi connectivity index (χ1v) is 9.87. The van der Waals surface area contributed by atoms with E-state index in [1.54, 1.807) is 11.3 Å². The lowest BCUT2D eigenvalue weighted by atomic mass is 9.95. The molecule has 1 amide bonds. The minimum atomic E-state index is -0.363. The standard InChI is InChI=1S/C17H20N2O4S2/c1-10-9-24-17(18-10)25-12-5-3-11(4-6-12)19-16(21)14-7-13(20)15(22-2)8-23-14/h7-9,11-12H,3-6H2,1-2H3,(H,19,21). The highest BCUT2D eigenvalue weighted by molar-refractivity contribution is 8.01. The third-order valence-corrected chi connectivity index (χ3v) is 6.54. The Balaban J connectivity index is 1.50. The fourth-order valence-corrected chi connectivity index (χ4v) is 5.06. The first-order valence-electron chi connectivity index (χ1n) is 8.11. The number of rotatable bonds is 5. The van der Waals surface area contributed by atoms with Crippen LogP contribution >= 0.6 is 23.1 Å². The number of hydrogen-bond donors (Lipinski definition) is 1. The number of methoxy groups -OCH3 is 1. The van der Waals surface area contributed by atoms with Gasteiger partial charge in [-0.2, -0.15) is 0 Å². The lowest BCUT2D eigenvalue weighted by Crippen LogP contribution is -2.38. The number of carbonyl (C=O) groups excluding carboxylic acids is 1. The second-order valence-corrected chi connectivity index (χ2v) is 8.40. The van der Waals surface area contributed by atoms with Crippen LogP contribution in [0, 0.1) is 6.92 Å². The molecule has 0 aromatic carbocycles. The lowest BCUT2D eigenvalue weighted by Gasteiger charge is -2.28. The molecule has 0 spiro atoms. The van der Waals surface area contributed by atoms with Gasteiger partial charge in [0.05, 0.1) is 7.11 Å². The van der Waals surface area contributed by atoms with E-state index >= 15 is 0 Å². The molecular formula is C17H20N2O4S2. The average molecular weight is 380 g/mol. The Labute approximate surface area is 154 Å². The number of aryl methyl sites for hydroxylation is 1. The molecule has 1 aliphatic rings. The summed E-state index contributed by atoms with van der Waals surface area (Å²) in [5, 5.41) is 5.56. The van der Waals surface area contributed by atoms with E-state index in [4.69, 9.17) is 9.15 Å². The van der Waals surface area contributed by atoms with Gasteiger partial charge in [0, 0.05) is 28.4 Å². The molecule has 2 heterocycles. The Morgan fingerprint density at radius 1 is 1.40 bits per heavy atom. The highest BCUT2D eigenvalue weighted by atomic mass is 32.2. The molecule has 1 saturated carbocycles. The summed E-state index contributed by atoms with van der Waals surface area (Å²) in [4.78, 5) is 28.4. The second-order valence-electron chi connectivity index (χ2n) is 6.00. The van der Waals surface area contributed by atoms with Crippen molar-refractivity contribution in [2.45, 2.75) is 48.2 Å². The van der Waals surface area contributed by atoms with Gasteiger partial charge in [0.1, 0.15) is 10.6 Å². The molecule has 1 aliphatic carbocycles. The summed E-state index contributed by atoms with van der Waals surface area (Å²) in [6, 6.07) is 1.27. The van der Waals surface area contributed by atoms with E-state index in [0.717, 1.165) is 35.7 Å². The Morgan fingerprint density at radius 3 is 2.76 bits per heavy atom. The van der Waals surface area contributed by atoms with E-state index in [1.807, 2.05) is 18.7 Å². The van der Waals surface area contributed by atoms with E-state index in [9.17, 15) is 9.59 Å². The third kappa shape index (κ3) is 4.64. The lowest BCUT2D eigenvalue weighted by molar-refractivity contribution is 0.0897. The van der Waals surface area contributed by atoms with Gasteiger partial charge in [-0.1, -0.05) is 11.8 Å². The van der Waals surface area contributed by atoms with Gasteiger partial charge in [-0.05, 0) is 32.6 Å². The highest BCUT2D eigenvalue weighted by Gasteiger charge is 2.25. The summed E-state index contributed by atoms with van der Waals surface area (Å²) in [7, 11) is 1.38. The molecule has 0 bridgehead atoms. The van der Waals surface area contributed by atoms with Gasteiger partial charge in [-0.25, -0.2) is 4.98 Å². The summed E-state index contributed by atoms with van der Waals surface area (Å²) < 4.78 is 11.2. The first-order chi connectivity index (χ1) is 12.0. The van der Waals surface area contributed by atoms with Crippen molar-refractivity contribution < 1.29 is 13.9 Å². The minimum Gasteiger partial charge on any atom is -0.490 e. The van der Waals surface area contributed by atoms with Crippen molar-refractivity contribution in [3.63, 3.8) is 0 Å². The van der Waals surface area contributed by atoms with Crippen LogP contribution in [0.2, 0.25) is 0 Å². The molecule has 1 N–H and O–H groups in total. The number of nitrogens with zero attached hydrogens (tertiary/aromatic N) is 1. The third-order valence-electron chi connectivity index (χ3n) is 4.12. The fourth-order valence-electron chi connectivity index (χ4n) is 2.78. The number of thioether (sulfide) groups is 1. The van der Waals surface area contributed by atoms with Crippen LogP contribution in [0.5, 0.6) is 5.75 Å². The van der Waals surface area contributed by atoms with E-state index in [0.29, 0.717) is 5.25 Å². The number of aromatic nitrogens is 1. The molecule has 0 atom stereocenters. The van der Waals surface area contributed by atoms with Gasteiger partial charge in [-0.15, -0.1) is 11.3 Å². The highest BCUT2D eigenvalue weighted by Crippen LogP contribution is 2.35. The van der Waals surface area contributed by atoms with Gasteiger partial charge < -0.3 is 14.5 Å². The van der Waals surface area contributed by atoms with Crippen LogP contribution in [-0.2, 0) is 0 Å². The molecular weight excluding hydrogens is 360 g/mol. The van der Waals surface area contributed by atoms with E-state index < -0.39 is 0 Å². The molecule has 3 rings (SSSR count). The summed E-state index contributed by atoms with van der Waals surface area (Å²) in [5.74, 6) is -0.251. The second kappa shape index (κ2) is 8.05. The van der Waals surface area contributed by atoms with Crippen LogP contribution in [0.15, 0.2) is 31.3 Å². The minimum absolute atomic E-state index is 0.0144. The molecule has 2 aromatic heterocycles. The normalized spacial score (nSPS) is 20.2. The van der Waals surface area contributed by atoms with Crippen LogP contribution < -0.4 is 15.5 Å². The monoisotopic (exact) mass is 380 g/mol. The van der Waals surface area contributed by atoms with Crippen molar-refractivity contribution >= 4 is 29.0 Å². The van der Waals surface area contributed by atoms with E-state index in [-0.39, 0.29) is 28.9 Å². The zero-order valence-corrected chi connectivity index (χ0v) is 15.7. The summed E-state index contributed by atoms with van der Waals surface area (Å²) in [6.07, 6.45) is 5.05. The molecule has 1 fully saturated rings. The Bertz CT molecular complexity index is 794. The van der Waals surface area contributed by atoms with Gasteiger partial charge in [0.2, 0.25) is 11.2 Å². The van der Waals surface area contributed by atoms with Crippen molar-refractivity contribution in [1.82, 2.24) is 10.3 Å². The van der Waals surface area contributed by atoms with Gasteiger partial charge in [0.25, 0.3) is 5.91 Å². The summed E-state index contributed by atoms with van der Waals surface area (Å²) in [5.41, 5.74) is 0.701. The summed E-state index contributed by atoms with van der Waals surface area (Å²) >= 11 is 3.52. The van der Waals surface area contributed by atoms with E-state index in [1.165, 1.54) is 19.4 Å². The van der Waals surface area contributed by atoms with Crippen LogP contribution in [-0.4, -0.2) is 29.3 Å². The van der Waals surface area contributed by atoms with Gasteiger partial charge in [0.15, 0.2) is 5.76 Å². The number of nitrogens with one attached hydrogen (secondary N) is 1. The van der Waals surface area contributed by atoms with Crippen LogP contribution in [0.4, 0.5) is 0 Å². The Morgan fingerprint density at radius 2 is 2.16 bits per heavy atom.